The smallest absolute Gasteiger partial charge is 0.328 e. The fraction of sp³-hybridized carbons (Fsp3) is 0.250. The topological polar surface area (TPSA) is 93.7 Å². The molecule has 2 rings (SSSR count). The third-order valence-electron chi connectivity index (χ3n) is 4.01. The van der Waals surface area contributed by atoms with Crippen molar-refractivity contribution in [1.29, 1.82) is 0 Å². The molecule has 2 N–H and O–H groups in total. The molecule has 0 fully saturated rings. The van der Waals surface area contributed by atoms with Gasteiger partial charge < -0.3 is 20.1 Å². The number of carbonyl (C=O) groups is 3. The molecule has 1 atom stereocenters. The highest BCUT2D eigenvalue weighted by Gasteiger charge is 2.25. The van der Waals surface area contributed by atoms with E-state index in [-0.39, 0.29) is 12.8 Å². The zero-order valence-electron chi connectivity index (χ0n) is 15.8. The summed E-state index contributed by atoms with van der Waals surface area (Å²) >= 11 is 12.4. The second-order valence-corrected chi connectivity index (χ2v) is 6.79. The molecule has 29 heavy (non-hydrogen) atoms. The first-order valence-corrected chi connectivity index (χ1v) is 9.34. The van der Waals surface area contributed by atoms with Gasteiger partial charge in [-0.1, -0.05) is 47.5 Å². The molecule has 2 aromatic carbocycles. The Morgan fingerprint density at radius 3 is 2.24 bits per heavy atom. The van der Waals surface area contributed by atoms with Crippen LogP contribution < -0.4 is 10.6 Å². The van der Waals surface area contributed by atoms with Crippen molar-refractivity contribution in [1.82, 2.24) is 5.32 Å². The number of rotatable bonds is 8. The second kappa shape index (κ2) is 10.7. The summed E-state index contributed by atoms with van der Waals surface area (Å²) in [5.74, 6) is -1.85. The number of para-hydroxylation sites is 2. The van der Waals surface area contributed by atoms with E-state index in [1.807, 2.05) is 0 Å². The van der Waals surface area contributed by atoms with Gasteiger partial charge in [0.2, 0.25) is 5.91 Å². The number of nitrogens with one attached hydrogen (secondary N) is 2. The Balaban J connectivity index is 2.16. The molecule has 0 aliphatic carbocycles. The molecule has 0 aromatic heterocycles. The monoisotopic (exact) mass is 438 g/mol. The highest BCUT2D eigenvalue weighted by atomic mass is 35.5. The molecule has 0 saturated heterocycles. The van der Waals surface area contributed by atoms with Crippen LogP contribution in [0.25, 0.3) is 0 Å². The summed E-state index contributed by atoms with van der Waals surface area (Å²) in [6.07, 6.45) is -0.385. The average Bonchev–Trinajstić information content (AvgIpc) is 2.70. The van der Waals surface area contributed by atoms with E-state index in [0.29, 0.717) is 27.0 Å². The number of carbonyl (C=O) groups excluding carboxylic acids is 3. The van der Waals surface area contributed by atoms with E-state index in [1.54, 1.807) is 42.5 Å². The van der Waals surface area contributed by atoms with Crippen LogP contribution in [0.2, 0.25) is 10.0 Å². The van der Waals surface area contributed by atoms with E-state index >= 15 is 0 Å². The number of amides is 1. The van der Waals surface area contributed by atoms with Crippen LogP contribution >= 0.6 is 23.2 Å². The maximum absolute atomic E-state index is 12.5. The Hall–Kier alpha value is -2.77. The Kier molecular flexibility index (Phi) is 8.30. The van der Waals surface area contributed by atoms with Crippen molar-refractivity contribution in [3.63, 3.8) is 0 Å². The van der Waals surface area contributed by atoms with Crippen molar-refractivity contribution in [3.8, 4) is 0 Å². The number of hydrogen-bond donors (Lipinski definition) is 2. The van der Waals surface area contributed by atoms with E-state index in [1.165, 1.54) is 14.2 Å². The van der Waals surface area contributed by atoms with Gasteiger partial charge in [-0.15, -0.1) is 0 Å². The molecule has 1 amide bonds. The maximum Gasteiger partial charge on any atom is 0.328 e. The lowest BCUT2D eigenvalue weighted by Gasteiger charge is -2.17. The molecule has 0 aliphatic rings. The lowest BCUT2D eigenvalue weighted by molar-refractivity contribution is -0.150. The first-order chi connectivity index (χ1) is 13.8. The van der Waals surface area contributed by atoms with Crippen LogP contribution in [0.15, 0.2) is 42.5 Å². The van der Waals surface area contributed by atoms with Crippen LogP contribution in [0.4, 0.5) is 11.4 Å². The van der Waals surface area contributed by atoms with Crippen molar-refractivity contribution in [3.05, 3.63) is 58.1 Å². The summed E-state index contributed by atoms with van der Waals surface area (Å²) in [6, 6.07) is 11.1. The van der Waals surface area contributed by atoms with Crippen molar-refractivity contribution in [2.24, 2.45) is 0 Å². The number of hydrogen-bond acceptors (Lipinski definition) is 6. The van der Waals surface area contributed by atoms with E-state index in [4.69, 9.17) is 23.2 Å². The third-order valence-corrected chi connectivity index (χ3v) is 4.64. The first-order valence-electron chi connectivity index (χ1n) is 8.58. The van der Waals surface area contributed by atoms with Gasteiger partial charge in [0.25, 0.3) is 0 Å². The molecule has 0 heterocycles. The van der Waals surface area contributed by atoms with Gasteiger partial charge in [0.15, 0.2) is 0 Å². The summed E-state index contributed by atoms with van der Waals surface area (Å²) in [4.78, 5) is 35.8. The molecule has 0 bridgehead atoms. The van der Waals surface area contributed by atoms with Gasteiger partial charge in [-0.2, -0.15) is 0 Å². The highest BCUT2D eigenvalue weighted by molar-refractivity contribution is 6.39. The van der Waals surface area contributed by atoms with E-state index in [2.05, 4.69) is 20.1 Å². The molecule has 154 valence electrons. The number of anilines is 2. The molecule has 2 aromatic rings. The van der Waals surface area contributed by atoms with Crippen LogP contribution in [-0.2, 0) is 30.3 Å². The van der Waals surface area contributed by atoms with Crippen LogP contribution in [0.1, 0.15) is 12.0 Å². The molecule has 0 aliphatic heterocycles. The van der Waals surface area contributed by atoms with Crippen molar-refractivity contribution < 1.29 is 23.9 Å². The fourth-order valence-electron chi connectivity index (χ4n) is 2.55. The predicted molar refractivity (Wildman–Crippen MR) is 110 cm³/mol. The molecular formula is C20H20Cl2N2O5. The van der Waals surface area contributed by atoms with Crippen molar-refractivity contribution >= 4 is 52.4 Å². The van der Waals surface area contributed by atoms with E-state index < -0.39 is 23.9 Å². The summed E-state index contributed by atoms with van der Waals surface area (Å²) in [7, 11) is 2.37. The zero-order valence-corrected chi connectivity index (χ0v) is 17.3. The number of methoxy groups -OCH3 is 2. The minimum atomic E-state index is -1.14. The van der Waals surface area contributed by atoms with E-state index in [9.17, 15) is 14.4 Å². The van der Waals surface area contributed by atoms with Gasteiger partial charge in [-0.25, -0.2) is 4.79 Å². The normalized spacial score (nSPS) is 11.3. The molecule has 7 nitrogen and oxygen atoms in total. The largest absolute Gasteiger partial charge is 0.469 e. The second-order valence-electron chi connectivity index (χ2n) is 5.98. The van der Waals surface area contributed by atoms with Crippen LogP contribution in [0.3, 0.4) is 0 Å². The number of esters is 2. The molecule has 0 spiro atoms. The molecular weight excluding hydrogens is 419 g/mol. The highest BCUT2D eigenvalue weighted by Crippen LogP contribution is 2.33. The zero-order chi connectivity index (χ0) is 21.4. The van der Waals surface area contributed by atoms with Gasteiger partial charge >= 0.3 is 11.9 Å². The molecule has 0 radical (unpaired) electrons. The molecule has 9 heteroatoms. The van der Waals surface area contributed by atoms with Gasteiger partial charge in [0, 0.05) is 5.69 Å². The Labute approximate surface area is 178 Å². The lowest BCUT2D eigenvalue weighted by atomic mass is 10.1. The summed E-state index contributed by atoms with van der Waals surface area (Å²) in [5, 5.41) is 6.50. The summed E-state index contributed by atoms with van der Waals surface area (Å²) < 4.78 is 9.18. The van der Waals surface area contributed by atoms with Gasteiger partial charge in [-0.05, 0) is 23.8 Å². The predicted octanol–water partition coefficient (Wildman–Crippen LogP) is 3.50. The average molecular weight is 439 g/mol. The third kappa shape index (κ3) is 6.37. The Bertz CT molecular complexity index is 884. The SMILES string of the molecule is COC(=O)C[C@@H](NC(=O)Cc1ccccc1Nc1c(Cl)cccc1Cl)C(=O)OC. The quantitative estimate of drug-likeness (QED) is 0.612. The van der Waals surface area contributed by atoms with Gasteiger partial charge in [0.05, 0.1) is 42.8 Å². The Morgan fingerprint density at radius 2 is 1.62 bits per heavy atom. The minimum Gasteiger partial charge on any atom is -0.469 e. The maximum atomic E-state index is 12.5. The van der Waals surface area contributed by atoms with Crippen molar-refractivity contribution in [2.45, 2.75) is 18.9 Å². The van der Waals surface area contributed by atoms with Crippen LogP contribution in [-0.4, -0.2) is 38.1 Å². The fourth-order valence-corrected chi connectivity index (χ4v) is 3.04. The summed E-state index contributed by atoms with van der Waals surface area (Å²) in [5.41, 5.74) is 1.78. The number of ether oxygens (including phenoxy) is 2. The minimum absolute atomic E-state index is 0.0556. The van der Waals surface area contributed by atoms with Gasteiger partial charge in [0.1, 0.15) is 6.04 Å². The molecule has 0 saturated carbocycles. The number of benzene rings is 2. The first kappa shape index (κ1) is 22.5. The standard InChI is InChI=1S/C20H20Cl2N2O5/c1-28-18(26)11-16(20(27)29-2)23-17(25)10-12-6-3-4-9-15(12)24-19-13(21)7-5-8-14(19)22/h3-9,16,24H,10-11H2,1-2H3,(H,23,25)/t16-/m1/s1. The van der Waals surface area contributed by atoms with Crippen LogP contribution in [0, 0.1) is 0 Å². The van der Waals surface area contributed by atoms with Crippen molar-refractivity contribution in [2.75, 3.05) is 19.5 Å². The Morgan fingerprint density at radius 1 is 0.966 bits per heavy atom. The van der Waals surface area contributed by atoms with E-state index in [0.717, 1.165) is 0 Å². The number of halogens is 2. The van der Waals surface area contributed by atoms with Crippen LogP contribution in [0.5, 0.6) is 0 Å². The summed E-state index contributed by atoms with van der Waals surface area (Å²) in [6.45, 7) is 0. The van der Waals surface area contributed by atoms with Gasteiger partial charge in [-0.3, -0.25) is 9.59 Å². The molecule has 0 unspecified atom stereocenters. The lowest BCUT2D eigenvalue weighted by Crippen LogP contribution is -2.43.